The number of benzene rings is 1. The summed E-state index contributed by atoms with van der Waals surface area (Å²) in [5, 5.41) is 13.2. The summed E-state index contributed by atoms with van der Waals surface area (Å²) in [5.74, 6) is -1.03. The van der Waals surface area contributed by atoms with Crippen molar-refractivity contribution in [2.45, 2.75) is 6.92 Å². The second-order valence-corrected chi connectivity index (χ2v) is 4.77. The van der Waals surface area contributed by atoms with E-state index in [2.05, 4.69) is 10.2 Å². The molecule has 2 heterocycles. The first-order valence-corrected chi connectivity index (χ1v) is 6.39. The molecule has 1 saturated heterocycles. The van der Waals surface area contributed by atoms with E-state index in [0.29, 0.717) is 5.58 Å². The van der Waals surface area contributed by atoms with Gasteiger partial charge in [0, 0.05) is 37.3 Å². The summed E-state index contributed by atoms with van der Waals surface area (Å²) in [5.41, 5.74) is 2.87. The number of rotatable bonds is 2. The molecule has 100 valence electrons. The summed E-state index contributed by atoms with van der Waals surface area (Å²) in [6.45, 7) is 5.90. The largest absolute Gasteiger partial charge is 0.475 e. The van der Waals surface area contributed by atoms with Crippen molar-refractivity contribution >= 4 is 22.6 Å². The van der Waals surface area contributed by atoms with E-state index in [1.165, 1.54) is 0 Å². The number of carboxylic acid groups (broad SMARTS) is 1. The lowest BCUT2D eigenvalue weighted by molar-refractivity contribution is 0.0665. The summed E-state index contributed by atoms with van der Waals surface area (Å²) in [6, 6.07) is 5.48. The fraction of sp³-hybridized carbons (Fsp3) is 0.357. The Bertz CT molecular complexity index is 627. The molecule has 5 nitrogen and oxygen atoms in total. The molecule has 1 aliphatic heterocycles. The Morgan fingerprint density at radius 3 is 2.79 bits per heavy atom. The van der Waals surface area contributed by atoms with Gasteiger partial charge in [0.2, 0.25) is 5.76 Å². The minimum Gasteiger partial charge on any atom is -0.475 e. The van der Waals surface area contributed by atoms with E-state index in [0.717, 1.165) is 42.8 Å². The highest BCUT2D eigenvalue weighted by Gasteiger charge is 2.17. The van der Waals surface area contributed by atoms with Gasteiger partial charge in [0.1, 0.15) is 5.58 Å². The zero-order chi connectivity index (χ0) is 13.4. The third kappa shape index (κ3) is 2.06. The molecule has 2 aromatic rings. The number of carbonyl (C=O) groups is 1. The topological polar surface area (TPSA) is 65.7 Å². The van der Waals surface area contributed by atoms with Crippen LogP contribution < -0.4 is 10.2 Å². The lowest BCUT2D eigenvalue weighted by atomic mass is 10.1. The van der Waals surface area contributed by atoms with Gasteiger partial charge >= 0.3 is 5.97 Å². The Labute approximate surface area is 110 Å². The summed E-state index contributed by atoms with van der Waals surface area (Å²) in [7, 11) is 0. The highest BCUT2D eigenvalue weighted by molar-refractivity contribution is 5.94. The van der Waals surface area contributed by atoms with Crippen molar-refractivity contribution in [1.82, 2.24) is 5.32 Å². The first kappa shape index (κ1) is 12.0. The van der Waals surface area contributed by atoms with Crippen LogP contribution in [0.3, 0.4) is 0 Å². The number of piperazine rings is 1. The molecule has 1 aromatic carbocycles. The molecule has 0 atom stereocenters. The van der Waals surface area contributed by atoms with Crippen molar-refractivity contribution in [1.29, 1.82) is 0 Å². The van der Waals surface area contributed by atoms with Crippen LogP contribution in [0.5, 0.6) is 0 Å². The second kappa shape index (κ2) is 4.59. The Morgan fingerprint density at radius 2 is 2.11 bits per heavy atom. The van der Waals surface area contributed by atoms with Crippen LogP contribution in [0.25, 0.3) is 11.0 Å². The molecule has 1 fully saturated rings. The van der Waals surface area contributed by atoms with Gasteiger partial charge in [-0.3, -0.25) is 0 Å². The van der Waals surface area contributed by atoms with Gasteiger partial charge in [-0.05, 0) is 30.7 Å². The van der Waals surface area contributed by atoms with Crippen LogP contribution >= 0.6 is 0 Å². The maximum atomic E-state index is 11.0. The van der Waals surface area contributed by atoms with E-state index in [4.69, 9.17) is 9.52 Å². The second-order valence-electron chi connectivity index (χ2n) is 4.77. The summed E-state index contributed by atoms with van der Waals surface area (Å²) >= 11 is 0. The van der Waals surface area contributed by atoms with Crippen LogP contribution in [0.4, 0.5) is 5.69 Å². The number of furan rings is 1. The van der Waals surface area contributed by atoms with Gasteiger partial charge < -0.3 is 19.7 Å². The molecular formula is C14H16N2O3. The molecule has 0 aliphatic carbocycles. The van der Waals surface area contributed by atoms with Crippen LogP contribution in [0.15, 0.2) is 22.6 Å². The van der Waals surface area contributed by atoms with Gasteiger partial charge in [-0.15, -0.1) is 0 Å². The smallest absolute Gasteiger partial charge is 0.371 e. The highest BCUT2D eigenvalue weighted by atomic mass is 16.4. The Hall–Kier alpha value is -2.01. The SMILES string of the molecule is Cc1c(N2CCNCC2)ccc2oc(C(=O)O)cc12. The van der Waals surface area contributed by atoms with E-state index in [1.54, 1.807) is 6.07 Å². The molecule has 3 rings (SSSR count). The third-order valence-corrected chi connectivity index (χ3v) is 3.61. The van der Waals surface area contributed by atoms with Crippen LogP contribution in [0.2, 0.25) is 0 Å². The van der Waals surface area contributed by atoms with Crippen LogP contribution in [0, 0.1) is 6.92 Å². The maximum Gasteiger partial charge on any atom is 0.371 e. The van der Waals surface area contributed by atoms with Crippen LogP contribution in [-0.2, 0) is 0 Å². The number of hydrogen-bond donors (Lipinski definition) is 2. The van der Waals surface area contributed by atoms with E-state index in [-0.39, 0.29) is 5.76 Å². The lowest BCUT2D eigenvalue weighted by Gasteiger charge is -2.30. The Morgan fingerprint density at radius 1 is 1.37 bits per heavy atom. The molecule has 1 aliphatic rings. The number of anilines is 1. The zero-order valence-electron chi connectivity index (χ0n) is 10.8. The quantitative estimate of drug-likeness (QED) is 0.862. The summed E-state index contributed by atoms with van der Waals surface area (Å²) < 4.78 is 5.32. The summed E-state index contributed by atoms with van der Waals surface area (Å²) in [6.07, 6.45) is 0. The van der Waals surface area contributed by atoms with Gasteiger partial charge in [0.05, 0.1) is 0 Å². The monoisotopic (exact) mass is 260 g/mol. The highest BCUT2D eigenvalue weighted by Crippen LogP contribution is 2.30. The van der Waals surface area contributed by atoms with E-state index < -0.39 is 5.97 Å². The van der Waals surface area contributed by atoms with E-state index in [9.17, 15) is 4.79 Å². The van der Waals surface area contributed by atoms with Gasteiger partial charge in [0.25, 0.3) is 0 Å². The van der Waals surface area contributed by atoms with Crippen molar-refractivity contribution in [2.24, 2.45) is 0 Å². The molecule has 0 saturated carbocycles. The number of carboxylic acids is 1. The molecule has 0 amide bonds. The molecule has 0 radical (unpaired) electrons. The van der Waals surface area contributed by atoms with Crippen molar-refractivity contribution in [3.8, 4) is 0 Å². The first-order valence-electron chi connectivity index (χ1n) is 6.39. The van der Waals surface area contributed by atoms with E-state index in [1.807, 2.05) is 19.1 Å². The standard InChI is InChI=1S/C14H16N2O3/c1-9-10-8-13(14(17)18)19-12(10)3-2-11(9)16-6-4-15-5-7-16/h2-3,8,15H,4-7H2,1H3,(H,17,18). The number of aryl methyl sites for hydroxylation is 1. The van der Waals surface area contributed by atoms with Crippen molar-refractivity contribution in [2.75, 3.05) is 31.1 Å². The molecule has 0 bridgehead atoms. The number of nitrogens with one attached hydrogen (secondary N) is 1. The average Bonchev–Trinajstić information content (AvgIpc) is 2.85. The lowest BCUT2D eigenvalue weighted by Crippen LogP contribution is -2.43. The molecule has 2 N–H and O–H groups in total. The number of nitrogens with zero attached hydrogens (tertiary/aromatic N) is 1. The van der Waals surface area contributed by atoms with Gasteiger partial charge in [0.15, 0.2) is 0 Å². The van der Waals surface area contributed by atoms with Crippen LogP contribution in [0.1, 0.15) is 16.1 Å². The average molecular weight is 260 g/mol. The van der Waals surface area contributed by atoms with Crippen molar-refractivity contribution < 1.29 is 14.3 Å². The summed E-state index contributed by atoms with van der Waals surface area (Å²) in [4.78, 5) is 13.3. The minimum absolute atomic E-state index is 0.00411. The number of fused-ring (bicyclic) bond motifs is 1. The van der Waals surface area contributed by atoms with Gasteiger partial charge in [-0.2, -0.15) is 0 Å². The first-order chi connectivity index (χ1) is 9.16. The van der Waals surface area contributed by atoms with Gasteiger partial charge in [-0.1, -0.05) is 0 Å². The fourth-order valence-electron chi connectivity index (χ4n) is 2.59. The van der Waals surface area contributed by atoms with E-state index >= 15 is 0 Å². The molecule has 19 heavy (non-hydrogen) atoms. The van der Waals surface area contributed by atoms with Crippen molar-refractivity contribution in [3.05, 3.63) is 29.5 Å². The normalized spacial score (nSPS) is 15.9. The molecular weight excluding hydrogens is 244 g/mol. The molecule has 0 spiro atoms. The Kier molecular flexibility index (Phi) is 2.91. The fourth-order valence-corrected chi connectivity index (χ4v) is 2.59. The maximum absolute atomic E-state index is 11.0. The Balaban J connectivity index is 2.06. The molecule has 5 heteroatoms. The van der Waals surface area contributed by atoms with Crippen molar-refractivity contribution in [3.63, 3.8) is 0 Å². The van der Waals surface area contributed by atoms with Gasteiger partial charge in [-0.25, -0.2) is 4.79 Å². The third-order valence-electron chi connectivity index (χ3n) is 3.61. The molecule has 0 unspecified atom stereocenters. The number of hydrogen-bond acceptors (Lipinski definition) is 4. The predicted molar refractivity (Wildman–Crippen MR) is 73.0 cm³/mol. The molecule has 1 aromatic heterocycles. The number of aromatic carboxylic acids is 1. The minimum atomic E-state index is -1.03. The zero-order valence-corrected chi connectivity index (χ0v) is 10.8. The van der Waals surface area contributed by atoms with Crippen LogP contribution in [-0.4, -0.2) is 37.3 Å². The predicted octanol–water partition coefficient (Wildman–Crippen LogP) is 1.85.